The minimum atomic E-state index is -4.04. The highest BCUT2D eigenvalue weighted by Gasteiger charge is 2.38. The molecule has 4 aromatic rings. The molecule has 0 saturated heterocycles. The molecule has 1 N–H and O–H groups in total. The fourth-order valence-electron chi connectivity index (χ4n) is 4.61. The van der Waals surface area contributed by atoms with E-state index in [2.05, 4.69) is 4.98 Å². The lowest BCUT2D eigenvalue weighted by atomic mass is 10.1. The lowest BCUT2D eigenvalue weighted by molar-refractivity contribution is 0.0696. The van der Waals surface area contributed by atoms with Crippen molar-refractivity contribution < 1.29 is 18.3 Å². The second-order valence-corrected chi connectivity index (χ2v) is 9.99. The van der Waals surface area contributed by atoms with E-state index in [-0.39, 0.29) is 10.5 Å². The number of hydrogen-bond donors (Lipinski definition) is 1. The molecule has 1 heterocycles. The zero-order valence-electron chi connectivity index (χ0n) is 18.0. The zero-order valence-corrected chi connectivity index (χ0v) is 18.8. The van der Waals surface area contributed by atoms with Crippen LogP contribution in [-0.2, 0) is 16.4 Å². The van der Waals surface area contributed by atoms with Crippen LogP contribution in [0, 0.1) is 6.92 Å². The molecule has 33 heavy (non-hydrogen) atoms. The number of carboxylic acids is 1. The highest BCUT2D eigenvalue weighted by molar-refractivity contribution is 7.92. The molecule has 3 aromatic carbocycles. The molecule has 1 aromatic heterocycles. The van der Waals surface area contributed by atoms with Crippen LogP contribution in [0.25, 0.3) is 10.8 Å². The summed E-state index contributed by atoms with van der Waals surface area (Å²) >= 11 is 0. The summed E-state index contributed by atoms with van der Waals surface area (Å²) in [7, 11) is -4.04. The minimum Gasteiger partial charge on any atom is -0.478 e. The molecule has 166 valence electrons. The average Bonchev–Trinajstić information content (AvgIpc) is 3.24. The van der Waals surface area contributed by atoms with Gasteiger partial charge in [-0.1, -0.05) is 48.5 Å². The predicted molar refractivity (Wildman–Crippen MR) is 127 cm³/mol. The van der Waals surface area contributed by atoms with Gasteiger partial charge in [0.05, 0.1) is 16.5 Å². The molecule has 6 nitrogen and oxygen atoms in total. The lowest BCUT2D eigenvalue weighted by Gasteiger charge is -2.31. The van der Waals surface area contributed by atoms with E-state index >= 15 is 0 Å². The number of rotatable bonds is 5. The third kappa shape index (κ3) is 3.54. The fraction of sp³-hybridized carbons (Fsp3) is 0.154. The summed E-state index contributed by atoms with van der Waals surface area (Å²) in [5.74, 6) is -0.717. The van der Waals surface area contributed by atoms with Crippen LogP contribution in [0.1, 0.15) is 39.5 Å². The first-order valence-electron chi connectivity index (χ1n) is 10.7. The van der Waals surface area contributed by atoms with Gasteiger partial charge in [0.15, 0.2) is 0 Å². The van der Waals surface area contributed by atoms with Crippen molar-refractivity contribution in [3.63, 3.8) is 0 Å². The van der Waals surface area contributed by atoms with E-state index in [9.17, 15) is 18.3 Å². The number of aryl methyl sites for hydroxylation is 2. The Kier molecular flexibility index (Phi) is 5.13. The molecule has 0 saturated carbocycles. The van der Waals surface area contributed by atoms with Crippen LogP contribution in [0.3, 0.4) is 0 Å². The van der Waals surface area contributed by atoms with Crippen LogP contribution >= 0.6 is 0 Å². The SMILES string of the molecule is Cc1c(N(C2CCc3ccccc32)S(=O)(=O)c2ccc(C(=O)O)cc2)ncc2ccccc12. The number of pyridine rings is 1. The van der Waals surface area contributed by atoms with E-state index in [4.69, 9.17) is 0 Å². The normalized spacial score (nSPS) is 15.4. The van der Waals surface area contributed by atoms with Gasteiger partial charge in [0, 0.05) is 17.1 Å². The summed E-state index contributed by atoms with van der Waals surface area (Å²) in [4.78, 5) is 15.9. The van der Waals surface area contributed by atoms with Crippen LogP contribution in [0.15, 0.2) is 83.9 Å². The van der Waals surface area contributed by atoms with E-state index in [0.29, 0.717) is 12.2 Å². The average molecular weight is 459 g/mol. The molecule has 5 rings (SSSR count). The van der Waals surface area contributed by atoms with E-state index in [1.807, 2.05) is 55.5 Å². The fourth-order valence-corrected chi connectivity index (χ4v) is 6.28. The molecule has 1 unspecified atom stereocenters. The number of nitrogens with zero attached hydrogens (tertiary/aromatic N) is 2. The number of fused-ring (bicyclic) bond motifs is 2. The molecule has 1 aliphatic carbocycles. The predicted octanol–water partition coefficient (Wildman–Crippen LogP) is 5.12. The largest absolute Gasteiger partial charge is 0.478 e. The second kappa shape index (κ2) is 8.01. The van der Waals surface area contributed by atoms with Crippen molar-refractivity contribution in [1.29, 1.82) is 0 Å². The molecule has 0 bridgehead atoms. The number of aromatic nitrogens is 1. The number of benzene rings is 3. The topological polar surface area (TPSA) is 87.6 Å². The maximum atomic E-state index is 14.0. The maximum Gasteiger partial charge on any atom is 0.335 e. The highest BCUT2D eigenvalue weighted by atomic mass is 32.2. The smallest absolute Gasteiger partial charge is 0.335 e. The van der Waals surface area contributed by atoms with Crippen molar-refractivity contribution in [3.05, 3.63) is 101 Å². The summed E-state index contributed by atoms with van der Waals surface area (Å²) in [6.45, 7) is 1.89. The van der Waals surface area contributed by atoms with Gasteiger partial charge in [-0.25, -0.2) is 22.5 Å². The zero-order chi connectivity index (χ0) is 23.2. The van der Waals surface area contributed by atoms with Gasteiger partial charge >= 0.3 is 5.97 Å². The number of carbonyl (C=O) groups is 1. The monoisotopic (exact) mass is 458 g/mol. The van der Waals surface area contributed by atoms with Crippen LogP contribution < -0.4 is 4.31 Å². The Labute approximate surface area is 192 Å². The Morgan fingerprint density at radius 3 is 2.45 bits per heavy atom. The number of carboxylic acid groups (broad SMARTS) is 1. The van der Waals surface area contributed by atoms with Crippen molar-refractivity contribution in [2.24, 2.45) is 0 Å². The highest BCUT2D eigenvalue weighted by Crippen LogP contribution is 2.42. The lowest BCUT2D eigenvalue weighted by Crippen LogP contribution is -2.35. The van der Waals surface area contributed by atoms with Crippen molar-refractivity contribution in [3.8, 4) is 0 Å². The second-order valence-electron chi connectivity index (χ2n) is 8.18. The minimum absolute atomic E-state index is 0.0336. The maximum absolute atomic E-state index is 14.0. The van der Waals surface area contributed by atoms with Crippen LogP contribution in [0.2, 0.25) is 0 Å². The van der Waals surface area contributed by atoms with Crippen molar-refractivity contribution in [1.82, 2.24) is 4.98 Å². The number of aromatic carboxylic acids is 1. The van der Waals surface area contributed by atoms with E-state index in [0.717, 1.165) is 33.9 Å². The molecule has 1 atom stereocenters. The van der Waals surface area contributed by atoms with Gasteiger partial charge < -0.3 is 5.11 Å². The molecule has 0 fully saturated rings. The van der Waals surface area contributed by atoms with Crippen molar-refractivity contribution >= 4 is 32.6 Å². The van der Waals surface area contributed by atoms with Crippen LogP contribution in [-0.4, -0.2) is 24.5 Å². The summed E-state index contributed by atoms with van der Waals surface area (Å²) in [6, 6.07) is 20.6. The molecular weight excluding hydrogens is 436 g/mol. The van der Waals surface area contributed by atoms with Crippen LogP contribution in [0.5, 0.6) is 0 Å². The molecule has 1 aliphatic rings. The van der Waals surface area contributed by atoms with Gasteiger partial charge in [-0.2, -0.15) is 0 Å². The summed E-state index contributed by atoms with van der Waals surface area (Å²) in [5.41, 5.74) is 2.91. The van der Waals surface area contributed by atoms with Gasteiger partial charge in [-0.05, 0) is 60.5 Å². The molecule has 0 amide bonds. The molecule has 0 spiro atoms. The summed E-state index contributed by atoms with van der Waals surface area (Å²) < 4.78 is 29.5. The van der Waals surface area contributed by atoms with Gasteiger partial charge in [0.2, 0.25) is 0 Å². The Morgan fingerprint density at radius 1 is 1.00 bits per heavy atom. The standard InChI is InChI=1S/C26H22N2O4S/c1-17-22-8-4-3-7-20(22)16-27-25(17)28(24-15-12-18-6-2-5-9-23(18)24)33(31,32)21-13-10-19(11-14-21)26(29)30/h2-11,13-14,16,24H,12,15H2,1H3,(H,29,30). The molecule has 0 radical (unpaired) electrons. The number of hydrogen-bond acceptors (Lipinski definition) is 4. The summed E-state index contributed by atoms with van der Waals surface area (Å²) in [6.07, 6.45) is 3.12. The Balaban J connectivity index is 1.72. The van der Waals surface area contributed by atoms with Crippen molar-refractivity contribution in [2.45, 2.75) is 30.7 Å². The number of anilines is 1. The van der Waals surface area contributed by atoms with Gasteiger partial charge in [-0.3, -0.25) is 0 Å². The van der Waals surface area contributed by atoms with E-state index in [1.54, 1.807) is 6.20 Å². The Bertz CT molecular complexity index is 1480. The first kappa shape index (κ1) is 21.2. The van der Waals surface area contributed by atoms with E-state index in [1.165, 1.54) is 28.6 Å². The third-order valence-electron chi connectivity index (χ3n) is 6.28. The Hall–Kier alpha value is -3.71. The van der Waals surface area contributed by atoms with Crippen LogP contribution in [0.4, 0.5) is 5.82 Å². The number of sulfonamides is 1. The first-order chi connectivity index (χ1) is 15.9. The van der Waals surface area contributed by atoms with Gasteiger partial charge in [0.25, 0.3) is 10.0 Å². The molecular formula is C26H22N2O4S. The first-order valence-corrected chi connectivity index (χ1v) is 12.1. The Morgan fingerprint density at radius 2 is 1.70 bits per heavy atom. The van der Waals surface area contributed by atoms with E-state index < -0.39 is 22.0 Å². The quantitative estimate of drug-likeness (QED) is 0.448. The van der Waals surface area contributed by atoms with Gasteiger partial charge in [0.1, 0.15) is 5.82 Å². The van der Waals surface area contributed by atoms with Gasteiger partial charge in [-0.15, -0.1) is 0 Å². The molecule has 0 aliphatic heterocycles. The molecule has 7 heteroatoms. The van der Waals surface area contributed by atoms with Crippen molar-refractivity contribution in [2.75, 3.05) is 4.31 Å². The summed E-state index contributed by atoms with van der Waals surface area (Å²) in [5, 5.41) is 11.1. The third-order valence-corrected chi connectivity index (χ3v) is 8.09.